The molecule has 0 spiro atoms. The van der Waals surface area contributed by atoms with Gasteiger partial charge >= 0.3 is 5.97 Å². The van der Waals surface area contributed by atoms with Crippen molar-refractivity contribution in [3.63, 3.8) is 0 Å². The zero-order valence-corrected chi connectivity index (χ0v) is 10.4. The van der Waals surface area contributed by atoms with Crippen LogP contribution < -0.4 is 4.74 Å². The number of para-hydroxylation sites is 1. The van der Waals surface area contributed by atoms with Gasteiger partial charge in [-0.1, -0.05) is 44.4 Å². The Hall–Kier alpha value is -1.31. The highest BCUT2D eigenvalue weighted by molar-refractivity contribution is 5.75. The van der Waals surface area contributed by atoms with E-state index in [4.69, 9.17) is 4.74 Å². The Bertz CT molecular complexity index is 352. The van der Waals surface area contributed by atoms with Gasteiger partial charge in [0.1, 0.15) is 5.75 Å². The SMILES string of the molecule is CC(C(=O)Oc1ccccc1)C1CCCCC1. The summed E-state index contributed by atoms with van der Waals surface area (Å²) in [5, 5.41) is 0. The second-order valence-corrected chi connectivity index (χ2v) is 4.92. The van der Waals surface area contributed by atoms with Gasteiger partial charge < -0.3 is 4.74 Å². The van der Waals surface area contributed by atoms with Crippen LogP contribution >= 0.6 is 0 Å². The molecule has 2 nitrogen and oxygen atoms in total. The van der Waals surface area contributed by atoms with Crippen molar-refractivity contribution < 1.29 is 9.53 Å². The van der Waals surface area contributed by atoms with Crippen molar-refractivity contribution in [1.82, 2.24) is 0 Å². The summed E-state index contributed by atoms with van der Waals surface area (Å²) < 4.78 is 5.39. The smallest absolute Gasteiger partial charge is 0.314 e. The van der Waals surface area contributed by atoms with Crippen LogP contribution in [0.5, 0.6) is 5.75 Å². The van der Waals surface area contributed by atoms with Crippen LogP contribution in [0, 0.1) is 11.8 Å². The standard InChI is InChI=1S/C15H20O2/c1-12(13-8-4-2-5-9-13)15(16)17-14-10-6-3-7-11-14/h3,6-7,10-13H,2,4-5,8-9H2,1H3. The summed E-state index contributed by atoms with van der Waals surface area (Å²) in [5.74, 6) is 1.11. The summed E-state index contributed by atoms with van der Waals surface area (Å²) in [4.78, 5) is 12.0. The number of hydrogen-bond donors (Lipinski definition) is 0. The number of carbonyl (C=O) groups excluding carboxylic acids is 1. The molecule has 0 heterocycles. The van der Waals surface area contributed by atoms with Crippen molar-refractivity contribution >= 4 is 5.97 Å². The van der Waals surface area contributed by atoms with Gasteiger partial charge in [0.25, 0.3) is 0 Å². The third-order valence-corrected chi connectivity index (χ3v) is 3.69. The molecule has 2 rings (SSSR count). The van der Waals surface area contributed by atoms with E-state index in [0.29, 0.717) is 11.7 Å². The van der Waals surface area contributed by atoms with Crippen LogP contribution in [0.2, 0.25) is 0 Å². The Morgan fingerprint density at radius 1 is 1.18 bits per heavy atom. The van der Waals surface area contributed by atoms with Crippen molar-refractivity contribution in [3.8, 4) is 5.75 Å². The van der Waals surface area contributed by atoms with Crippen LogP contribution in [0.25, 0.3) is 0 Å². The van der Waals surface area contributed by atoms with Crippen molar-refractivity contribution in [3.05, 3.63) is 30.3 Å². The third-order valence-electron chi connectivity index (χ3n) is 3.69. The zero-order valence-electron chi connectivity index (χ0n) is 10.4. The maximum atomic E-state index is 12.0. The van der Waals surface area contributed by atoms with E-state index in [1.807, 2.05) is 37.3 Å². The van der Waals surface area contributed by atoms with Gasteiger partial charge in [-0.3, -0.25) is 4.79 Å². The van der Waals surface area contributed by atoms with Gasteiger partial charge in [-0.25, -0.2) is 0 Å². The highest BCUT2D eigenvalue weighted by Gasteiger charge is 2.26. The lowest BCUT2D eigenvalue weighted by atomic mass is 9.81. The molecule has 1 saturated carbocycles. The molecular weight excluding hydrogens is 212 g/mol. The molecule has 1 atom stereocenters. The summed E-state index contributed by atoms with van der Waals surface area (Å²) in [6, 6.07) is 9.33. The predicted octanol–water partition coefficient (Wildman–Crippen LogP) is 3.81. The second kappa shape index (κ2) is 5.85. The minimum Gasteiger partial charge on any atom is -0.426 e. The van der Waals surface area contributed by atoms with E-state index >= 15 is 0 Å². The van der Waals surface area contributed by atoms with E-state index in [9.17, 15) is 4.79 Å². The molecule has 1 aromatic carbocycles. The molecule has 1 aliphatic carbocycles. The molecule has 1 aliphatic rings. The first-order chi connectivity index (χ1) is 8.27. The molecule has 0 N–H and O–H groups in total. The van der Waals surface area contributed by atoms with Crippen molar-refractivity contribution in [2.45, 2.75) is 39.0 Å². The van der Waals surface area contributed by atoms with Crippen LogP contribution in [0.3, 0.4) is 0 Å². The third kappa shape index (κ3) is 3.32. The summed E-state index contributed by atoms with van der Waals surface area (Å²) in [6.45, 7) is 2.00. The number of rotatable bonds is 3. The predicted molar refractivity (Wildman–Crippen MR) is 67.8 cm³/mol. The number of benzene rings is 1. The first kappa shape index (κ1) is 12.2. The molecule has 0 aliphatic heterocycles. The minimum absolute atomic E-state index is 0.0236. The van der Waals surface area contributed by atoms with E-state index in [1.54, 1.807) is 0 Å². The van der Waals surface area contributed by atoms with Gasteiger partial charge in [-0.2, -0.15) is 0 Å². The fraction of sp³-hybridized carbons (Fsp3) is 0.533. The van der Waals surface area contributed by atoms with E-state index < -0.39 is 0 Å². The van der Waals surface area contributed by atoms with E-state index in [1.165, 1.54) is 32.1 Å². The first-order valence-corrected chi connectivity index (χ1v) is 6.54. The molecule has 0 aromatic heterocycles. The van der Waals surface area contributed by atoms with Crippen molar-refractivity contribution in [2.24, 2.45) is 11.8 Å². The Balaban J connectivity index is 1.90. The lowest BCUT2D eigenvalue weighted by molar-refractivity contribution is -0.140. The second-order valence-electron chi connectivity index (χ2n) is 4.92. The van der Waals surface area contributed by atoms with E-state index in [0.717, 1.165) is 0 Å². The van der Waals surface area contributed by atoms with Gasteiger partial charge in [0, 0.05) is 0 Å². The number of ether oxygens (including phenoxy) is 1. The Morgan fingerprint density at radius 2 is 1.82 bits per heavy atom. The van der Waals surface area contributed by atoms with Gasteiger partial charge in [0.2, 0.25) is 0 Å². The van der Waals surface area contributed by atoms with Gasteiger partial charge in [0.05, 0.1) is 5.92 Å². The summed E-state index contributed by atoms with van der Waals surface area (Å²) in [6.07, 6.45) is 6.17. The molecule has 2 heteroatoms. The molecule has 0 saturated heterocycles. The fourth-order valence-electron chi connectivity index (χ4n) is 2.52. The maximum absolute atomic E-state index is 12.0. The molecular formula is C15H20O2. The van der Waals surface area contributed by atoms with E-state index in [-0.39, 0.29) is 11.9 Å². The van der Waals surface area contributed by atoms with E-state index in [2.05, 4.69) is 0 Å². The Labute approximate surface area is 103 Å². The van der Waals surface area contributed by atoms with Crippen LogP contribution in [0.15, 0.2) is 30.3 Å². The molecule has 0 bridgehead atoms. The topological polar surface area (TPSA) is 26.3 Å². The molecule has 0 amide bonds. The highest BCUT2D eigenvalue weighted by atomic mass is 16.5. The highest BCUT2D eigenvalue weighted by Crippen LogP contribution is 2.30. The first-order valence-electron chi connectivity index (χ1n) is 6.54. The van der Waals surface area contributed by atoms with Gasteiger partial charge in [0.15, 0.2) is 0 Å². The van der Waals surface area contributed by atoms with Crippen molar-refractivity contribution in [2.75, 3.05) is 0 Å². The van der Waals surface area contributed by atoms with Crippen LogP contribution in [-0.4, -0.2) is 5.97 Å². The fourth-order valence-corrected chi connectivity index (χ4v) is 2.52. The maximum Gasteiger partial charge on any atom is 0.314 e. The Kier molecular flexibility index (Phi) is 4.18. The number of hydrogen-bond acceptors (Lipinski definition) is 2. The molecule has 17 heavy (non-hydrogen) atoms. The van der Waals surface area contributed by atoms with Crippen molar-refractivity contribution in [1.29, 1.82) is 0 Å². The lowest BCUT2D eigenvalue weighted by Gasteiger charge is -2.26. The van der Waals surface area contributed by atoms with Crippen LogP contribution in [0.4, 0.5) is 0 Å². The quantitative estimate of drug-likeness (QED) is 0.585. The molecule has 1 unspecified atom stereocenters. The largest absolute Gasteiger partial charge is 0.426 e. The summed E-state index contributed by atoms with van der Waals surface area (Å²) in [7, 11) is 0. The summed E-state index contributed by atoms with van der Waals surface area (Å²) in [5.41, 5.74) is 0. The normalized spacial score (nSPS) is 18.6. The average molecular weight is 232 g/mol. The van der Waals surface area contributed by atoms with Gasteiger partial charge in [-0.05, 0) is 30.9 Å². The molecule has 0 radical (unpaired) electrons. The molecule has 92 valence electrons. The molecule has 1 fully saturated rings. The van der Waals surface area contributed by atoms with Gasteiger partial charge in [-0.15, -0.1) is 0 Å². The summed E-state index contributed by atoms with van der Waals surface area (Å²) >= 11 is 0. The minimum atomic E-state index is -0.0805. The monoisotopic (exact) mass is 232 g/mol. The Morgan fingerprint density at radius 3 is 2.47 bits per heavy atom. The number of esters is 1. The zero-order chi connectivity index (χ0) is 12.1. The molecule has 1 aromatic rings. The van der Waals surface area contributed by atoms with Crippen LogP contribution in [0.1, 0.15) is 39.0 Å². The number of carbonyl (C=O) groups is 1. The lowest BCUT2D eigenvalue weighted by Crippen LogP contribution is -2.26. The van der Waals surface area contributed by atoms with Crippen LogP contribution in [-0.2, 0) is 4.79 Å². The average Bonchev–Trinajstić information content (AvgIpc) is 2.40.